The summed E-state index contributed by atoms with van der Waals surface area (Å²) >= 11 is 3.79. The van der Waals surface area contributed by atoms with Crippen LogP contribution in [0.5, 0.6) is 0 Å². The van der Waals surface area contributed by atoms with Crippen molar-refractivity contribution in [2.75, 3.05) is 5.75 Å². The predicted octanol–water partition coefficient (Wildman–Crippen LogP) is 1.96. The van der Waals surface area contributed by atoms with Crippen molar-refractivity contribution in [2.45, 2.75) is 20.8 Å². The van der Waals surface area contributed by atoms with E-state index in [4.69, 9.17) is 0 Å². The van der Waals surface area contributed by atoms with E-state index in [2.05, 4.69) is 12.6 Å². The van der Waals surface area contributed by atoms with Crippen molar-refractivity contribution >= 4 is 12.6 Å². The highest BCUT2D eigenvalue weighted by Gasteiger charge is 1.35. The Morgan fingerprint density at radius 3 is 1.40 bits per heavy atom. The molecule has 0 heterocycles. The Hall–Kier alpha value is 0.350. The fourth-order valence-electron chi connectivity index (χ4n) is 0. The lowest BCUT2D eigenvalue weighted by atomic mass is 11.0. The molecule has 0 aromatic rings. The van der Waals surface area contributed by atoms with E-state index >= 15 is 0 Å². The Bertz CT molecular complexity index is 3.61. The van der Waals surface area contributed by atoms with Crippen LogP contribution < -0.4 is 0 Å². The molecule has 0 N–H and O–H groups in total. The zero-order valence-electron chi connectivity index (χ0n) is 4.15. The van der Waals surface area contributed by atoms with Crippen LogP contribution in [0.25, 0.3) is 0 Å². The molecule has 0 atom stereocenters. The summed E-state index contributed by atoms with van der Waals surface area (Å²) in [5.74, 6) is 0.944. The minimum absolute atomic E-state index is 0.944. The smallest absolute Gasteiger partial charge is 0.0126 e. The quantitative estimate of drug-likeness (QED) is 0.434. The summed E-state index contributed by atoms with van der Waals surface area (Å²) in [4.78, 5) is 0. The van der Waals surface area contributed by atoms with Crippen LogP contribution >= 0.6 is 12.6 Å². The fourth-order valence-corrected chi connectivity index (χ4v) is 0. The molecule has 0 aliphatic carbocycles. The molecule has 0 bridgehead atoms. The van der Waals surface area contributed by atoms with E-state index in [9.17, 15) is 0 Å². The van der Waals surface area contributed by atoms with Gasteiger partial charge in [-0.25, -0.2) is 0 Å². The van der Waals surface area contributed by atoms with Crippen molar-refractivity contribution in [3.8, 4) is 0 Å². The minimum Gasteiger partial charge on any atom is -0.180 e. The van der Waals surface area contributed by atoms with E-state index in [0.29, 0.717) is 0 Å². The van der Waals surface area contributed by atoms with Gasteiger partial charge in [-0.1, -0.05) is 20.8 Å². The second-order valence-corrected chi connectivity index (χ2v) is 0.949. The lowest BCUT2D eigenvalue weighted by molar-refractivity contribution is 1.50. The lowest BCUT2D eigenvalue weighted by Gasteiger charge is -1.48. The molecular weight excluding hydrogens is 80.1 g/mol. The van der Waals surface area contributed by atoms with E-state index in [0.717, 1.165) is 5.75 Å². The normalized spacial score (nSPS) is 4.80. The highest BCUT2D eigenvalue weighted by atomic mass is 32.1. The summed E-state index contributed by atoms with van der Waals surface area (Å²) in [5.41, 5.74) is 0. The van der Waals surface area contributed by atoms with Crippen LogP contribution in [0.15, 0.2) is 0 Å². The van der Waals surface area contributed by atoms with Gasteiger partial charge in [0.25, 0.3) is 0 Å². The van der Waals surface area contributed by atoms with Gasteiger partial charge in [-0.2, -0.15) is 12.6 Å². The second kappa shape index (κ2) is 26.8. The molecule has 0 aliphatic heterocycles. The molecule has 0 saturated heterocycles. The molecular formula is C4H12S. The summed E-state index contributed by atoms with van der Waals surface area (Å²) < 4.78 is 0. The molecule has 0 unspecified atom stereocenters. The molecule has 0 rings (SSSR count). The number of thiol groups is 1. The van der Waals surface area contributed by atoms with Crippen LogP contribution in [0.3, 0.4) is 0 Å². The fraction of sp³-hybridized carbons (Fsp3) is 1.00. The standard InChI is InChI=1S/C2H6S.C2H6/c1-2-3;1-2/h3H,2H2,1H3;1-2H3. The Balaban J connectivity index is 0. The maximum absolute atomic E-state index is 3.79. The molecule has 5 heavy (non-hydrogen) atoms. The van der Waals surface area contributed by atoms with Gasteiger partial charge in [-0.05, 0) is 5.75 Å². The van der Waals surface area contributed by atoms with Crippen LogP contribution in [-0.4, -0.2) is 5.75 Å². The maximum atomic E-state index is 3.79. The van der Waals surface area contributed by atoms with E-state index in [1.807, 2.05) is 20.8 Å². The molecule has 0 nitrogen and oxygen atoms in total. The Labute approximate surface area is 40.0 Å². The van der Waals surface area contributed by atoms with Gasteiger partial charge in [-0.3, -0.25) is 0 Å². The summed E-state index contributed by atoms with van der Waals surface area (Å²) in [7, 11) is 0. The third kappa shape index (κ3) is 196. The van der Waals surface area contributed by atoms with E-state index < -0.39 is 0 Å². The molecule has 34 valence electrons. The monoisotopic (exact) mass is 92.1 g/mol. The molecule has 0 aliphatic rings. The second-order valence-electron chi connectivity index (χ2n) is 0.316. The lowest BCUT2D eigenvalue weighted by Crippen LogP contribution is -1.36. The van der Waals surface area contributed by atoms with Crippen molar-refractivity contribution in [3.63, 3.8) is 0 Å². The zero-order chi connectivity index (χ0) is 4.71. The largest absolute Gasteiger partial charge is 0.180 e. The Morgan fingerprint density at radius 2 is 1.40 bits per heavy atom. The van der Waals surface area contributed by atoms with Crippen molar-refractivity contribution in [1.82, 2.24) is 0 Å². The zero-order valence-corrected chi connectivity index (χ0v) is 5.05. The van der Waals surface area contributed by atoms with Crippen LogP contribution in [0.2, 0.25) is 0 Å². The van der Waals surface area contributed by atoms with Gasteiger partial charge in [0.2, 0.25) is 0 Å². The minimum atomic E-state index is 0.944. The molecule has 0 radical (unpaired) electrons. The van der Waals surface area contributed by atoms with Crippen LogP contribution in [0, 0.1) is 0 Å². The third-order valence-electron chi connectivity index (χ3n) is 0. The van der Waals surface area contributed by atoms with E-state index in [-0.39, 0.29) is 0 Å². The first-order valence-electron chi connectivity index (χ1n) is 2.02. The topological polar surface area (TPSA) is 0 Å². The van der Waals surface area contributed by atoms with Gasteiger partial charge in [0.1, 0.15) is 0 Å². The van der Waals surface area contributed by atoms with Crippen molar-refractivity contribution in [3.05, 3.63) is 0 Å². The number of rotatable bonds is 0. The average Bonchev–Trinajstić information content (AvgIpc) is 1.46. The summed E-state index contributed by atoms with van der Waals surface area (Å²) in [5, 5.41) is 0. The molecule has 1 heteroatoms. The highest BCUT2D eigenvalue weighted by Crippen LogP contribution is 1.58. The number of hydrogen-bond acceptors (Lipinski definition) is 1. The first-order chi connectivity index (χ1) is 2.41. The Morgan fingerprint density at radius 1 is 1.40 bits per heavy atom. The first-order valence-corrected chi connectivity index (χ1v) is 2.66. The molecule has 0 aromatic heterocycles. The van der Waals surface area contributed by atoms with Gasteiger partial charge in [0, 0.05) is 0 Å². The molecule has 0 spiro atoms. The van der Waals surface area contributed by atoms with Crippen LogP contribution in [0.4, 0.5) is 0 Å². The van der Waals surface area contributed by atoms with Gasteiger partial charge >= 0.3 is 0 Å². The highest BCUT2D eigenvalue weighted by molar-refractivity contribution is 7.80. The molecule has 0 fully saturated rings. The molecule has 0 aromatic carbocycles. The summed E-state index contributed by atoms with van der Waals surface area (Å²) in [6, 6.07) is 0. The van der Waals surface area contributed by atoms with E-state index in [1.165, 1.54) is 0 Å². The average molecular weight is 92.2 g/mol. The van der Waals surface area contributed by atoms with Gasteiger partial charge < -0.3 is 0 Å². The summed E-state index contributed by atoms with van der Waals surface area (Å²) in [6.07, 6.45) is 0. The van der Waals surface area contributed by atoms with Gasteiger partial charge in [-0.15, -0.1) is 0 Å². The number of hydrogen-bond donors (Lipinski definition) is 1. The van der Waals surface area contributed by atoms with Crippen LogP contribution in [0.1, 0.15) is 20.8 Å². The summed E-state index contributed by atoms with van der Waals surface area (Å²) in [6.45, 7) is 5.99. The third-order valence-corrected chi connectivity index (χ3v) is 0. The predicted molar refractivity (Wildman–Crippen MR) is 30.9 cm³/mol. The SMILES string of the molecule is CC.CCS. The Kier molecular flexibility index (Phi) is 48.3. The first kappa shape index (κ1) is 9.02. The van der Waals surface area contributed by atoms with Gasteiger partial charge in [0.05, 0.1) is 0 Å². The van der Waals surface area contributed by atoms with Crippen molar-refractivity contribution < 1.29 is 0 Å². The van der Waals surface area contributed by atoms with Crippen molar-refractivity contribution in [1.29, 1.82) is 0 Å². The van der Waals surface area contributed by atoms with Gasteiger partial charge in [0.15, 0.2) is 0 Å². The van der Waals surface area contributed by atoms with E-state index in [1.54, 1.807) is 0 Å². The maximum Gasteiger partial charge on any atom is -0.0126 e. The van der Waals surface area contributed by atoms with Crippen molar-refractivity contribution in [2.24, 2.45) is 0 Å². The molecule has 0 amide bonds. The van der Waals surface area contributed by atoms with Crippen LogP contribution in [-0.2, 0) is 0 Å². The molecule has 0 saturated carbocycles.